The Morgan fingerprint density at radius 1 is 1.38 bits per heavy atom. The molecule has 0 bridgehead atoms. The van der Waals surface area contributed by atoms with E-state index in [1.54, 1.807) is 18.3 Å². The summed E-state index contributed by atoms with van der Waals surface area (Å²) < 4.78 is 1.30. The number of amides is 1. The van der Waals surface area contributed by atoms with Gasteiger partial charge in [0.2, 0.25) is 0 Å². The number of carbonyl (C=O) groups is 2. The molecule has 2 N–H and O–H groups in total. The Morgan fingerprint density at radius 3 is 2.71 bits per heavy atom. The molecule has 0 aliphatic carbocycles. The molecule has 1 amide bonds. The van der Waals surface area contributed by atoms with Gasteiger partial charge in [-0.05, 0) is 37.0 Å². The van der Waals surface area contributed by atoms with Crippen LogP contribution in [0, 0.1) is 18.8 Å². The van der Waals surface area contributed by atoms with Gasteiger partial charge in [-0.2, -0.15) is 0 Å². The molecular formula is C17H21N3O4. The number of nitrogens with one attached hydrogen (secondary N) is 1. The standard InChI is InChI=1S/C17H21N3O4/c1-10(2)6-12(17(23)24)8-19-15(21)13-9-18-14-7-11(3)4-5-20(14)16(13)22/h4-5,7,9-10,12H,6,8H2,1-3H3,(H,19,21)(H,23,24). The molecule has 24 heavy (non-hydrogen) atoms. The highest BCUT2D eigenvalue weighted by Gasteiger charge is 2.21. The molecular weight excluding hydrogens is 310 g/mol. The Labute approximate surface area is 139 Å². The number of carboxylic acid groups (broad SMARTS) is 1. The van der Waals surface area contributed by atoms with Crippen LogP contribution in [0.1, 0.15) is 36.2 Å². The Morgan fingerprint density at radius 2 is 2.08 bits per heavy atom. The highest BCUT2D eigenvalue weighted by Crippen LogP contribution is 2.11. The molecule has 2 aromatic heterocycles. The predicted molar refractivity (Wildman–Crippen MR) is 89.1 cm³/mol. The van der Waals surface area contributed by atoms with Gasteiger partial charge in [0.25, 0.3) is 11.5 Å². The quantitative estimate of drug-likeness (QED) is 0.835. The molecule has 1 atom stereocenters. The number of aromatic nitrogens is 2. The fourth-order valence-corrected chi connectivity index (χ4v) is 2.48. The molecule has 0 aliphatic rings. The van der Waals surface area contributed by atoms with Crippen LogP contribution >= 0.6 is 0 Å². The van der Waals surface area contributed by atoms with E-state index in [4.69, 9.17) is 0 Å². The third-order valence-electron chi connectivity index (χ3n) is 3.72. The summed E-state index contributed by atoms with van der Waals surface area (Å²) in [6, 6.07) is 3.49. The van der Waals surface area contributed by atoms with Crippen LogP contribution < -0.4 is 10.9 Å². The molecule has 128 valence electrons. The van der Waals surface area contributed by atoms with Gasteiger partial charge in [-0.25, -0.2) is 4.98 Å². The van der Waals surface area contributed by atoms with E-state index in [1.165, 1.54) is 10.6 Å². The lowest BCUT2D eigenvalue weighted by Gasteiger charge is -2.15. The second-order valence-electron chi connectivity index (χ2n) is 6.28. The maximum atomic E-state index is 12.4. The van der Waals surface area contributed by atoms with E-state index in [2.05, 4.69) is 10.3 Å². The first-order valence-electron chi connectivity index (χ1n) is 7.78. The van der Waals surface area contributed by atoms with Gasteiger partial charge in [0.05, 0.1) is 5.92 Å². The van der Waals surface area contributed by atoms with E-state index in [-0.39, 0.29) is 18.0 Å². The molecule has 0 aromatic carbocycles. The number of fused-ring (bicyclic) bond motifs is 1. The van der Waals surface area contributed by atoms with E-state index in [0.717, 1.165) is 5.56 Å². The molecule has 0 aliphatic heterocycles. The van der Waals surface area contributed by atoms with E-state index in [1.807, 2.05) is 20.8 Å². The Kier molecular flexibility index (Phi) is 5.33. The van der Waals surface area contributed by atoms with Crippen molar-refractivity contribution in [3.8, 4) is 0 Å². The largest absolute Gasteiger partial charge is 0.481 e. The Bertz CT molecular complexity index is 826. The number of aliphatic carboxylic acids is 1. The second kappa shape index (κ2) is 7.25. The van der Waals surface area contributed by atoms with Crippen LogP contribution in [0.25, 0.3) is 5.65 Å². The van der Waals surface area contributed by atoms with Gasteiger partial charge in [-0.15, -0.1) is 0 Å². The monoisotopic (exact) mass is 331 g/mol. The summed E-state index contributed by atoms with van der Waals surface area (Å²) in [6.07, 6.45) is 3.24. The Hall–Kier alpha value is -2.70. The number of carbonyl (C=O) groups excluding carboxylic acids is 1. The maximum Gasteiger partial charge on any atom is 0.308 e. The minimum atomic E-state index is -0.965. The third-order valence-corrected chi connectivity index (χ3v) is 3.72. The highest BCUT2D eigenvalue weighted by molar-refractivity contribution is 5.94. The van der Waals surface area contributed by atoms with Crippen molar-refractivity contribution in [3.05, 3.63) is 46.0 Å². The zero-order valence-corrected chi connectivity index (χ0v) is 13.9. The van der Waals surface area contributed by atoms with E-state index < -0.39 is 23.4 Å². The molecule has 7 nitrogen and oxygen atoms in total. The topological polar surface area (TPSA) is 101 Å². The van der Waals surface area contributed by atoms with Crippen LogP contribution in [0.4, 0.5) is 0 Å². The normalized spacial score (nSPS) is 12.3. The molecule has 7 heteroatoms. The van der Waals surface area contributed by atoms with Gasteiger partial charge < -0.3 is 10.4 Å². The van der Waals surface area contributed by atoms with Gasteiger partial charge >= 0.3 is 5.97 Å². The number of rotatable bonds is 6. The van der Waals surface area contributed by atoms with Crippen molar-refractivity contribution >= 4 is 17.5 Å². The van der Waals surface area contributed by atoms with Crippen molar-refractivity contribution in [2.24, 2.45) is 11.8 Å². The average Bonchev–Trinajstić information content (AvgIpc) is 2.50. The van der Waals surface area contributed by atoms with Crippen LogP contribution in [0.5, 0.6) is 0 Å². The summed E-state index contributed by atoms with van der Waals surface area (Å²) in [5.74, 6) is -2.07. The fraction of sp³-hybridized carbons (Fsp3) is 0.412. The second-order valence-corrected chi connectivity index (χ2v) is 6.28. The number of pyridine rings is 1. The molecule has 2 heterocycles. The number of hydrogen-bond acceptors (Lipinski definition) is 4. The number of nitrogens with zero attached hydrogens (tertiary/aromatic N) is 2. The van der Waals surface area contributed by atoms with Crippen LogP contribution in [-0.2, 0) is 4.79 Å². The van der Waals surface area contributed by atoms with E-state index in [9.17, 15) is 19.5 Å². The summed E-state index contributed by atoms with van der Waals surface area (Å²) in [5, 5.41) is 11.7. The average molecular weight is 331 g/mol. The van der Waals surface area contributed by atoms with Crippen molar-refractivity contribution < 1.29 is 14.7 Å². The summed E-state index contributed by atoms with van der Waals surface area (Å²) in [6.45, 7) is 5.69. The highest BCUT2D eigenvalue weighted by atomic mass is 16.4. The van der Waals surface area contributed by atoms with Gasteiger partial charge in [0, 0.05) is 18.9 Å². The van der Waals surface area contributed by atoms with Crippen molar-refractivity contribution in [2.75, 3.05) is 6.54 Å². The molecule has 0 saturated carbocycles. The maximum absolute atomic E-state index is 12.4. The van der Waals surface area contributed by atoms with Crippen molar-refractivity contribution in [1.82, 2.24) is 14.7 Å². The first-order chi connectivity index (χ1) is 11.3. The Balaban J connectivity index is 2.19. The van der Waals surface area contributed by atoms with Crippen molar-refractivity contribution in [3.63, 3.8) is 0 Å². The SMILES string of the molecule is Cc1ccn2c(=O)c(C(=O)NCC(CC(C)C)C(=O)O)cnc2c1. The summed E-state index contributed by atoms with van der Waals surface area (Å²) in [5.41, 5.74) is 0.829. The molecule has 0 fully saturated rings. The minimum Gasteiger partial charge on any atom is -0.481 e. The van der Waals surface area contributed by atoms with Crippen molar-refractivity contribution in [2.45, 2.75) is 27.2 Å². The first-order valence-corrected chi connectivity index (χ1v) is 7.78. The smallest absolute Gasteiger partial charge is 0.308 e. The lowest BCUT2D eigenvalue weighted by molar-refractivity contribution is -0.142. The van der Waals surface area contributed by atoms with Gasteiger partial charge in [0.1, 0.15) is 11.2 Å². The zero-order valence-electron chi connectivity index (χ0n) is 13.9. The first kappa shape index (κ1) is 17.7. The van der Waals surface area contributed by atoms with Gasteiger partial charge in [-0.3, -0.25) is 18.8 Å². The summed E-state index contributed by atoms with van der Waals surface area (Å²) in [4.78, 5) is 40.0. The summed E-state index contributed by atoms with van der Waals surface area (Å²) in [7, 11) is 0. The van der Waals surface area contributed by atoms with Crippen LogP contribution in [0.2, 0.25) is 0 Å². The van der Waals surface area contributed by atoms with Crippen LogP contribution in [-0.4, -0.2) is 32.9 Å². The lowest BCUT2D eigenvalue weighted by atomic mass is 9.97. The third kappa shape index (κ3) is 3.98. The molecule has 0 saturated heterocycles. The number of hydrogen-bond donors (Lipinski definition) is 2. The van der Waals surface area contributed by atoms with E-state index >= 15 is 0 Å². The van der Waals surface area contributed by atoms with Crippen LogP contribution in [0.3, 0.4) is 0 Å². The molecule has 2 rings (SSSR count). The van der Waals surface area contributed by atoms with Gasteiger partial charge in [0.15, 0.2) is 0 Å². The fourth-order valence-electron chi connectivity index (χ4n) is 2.48. The lowest BCUT2D eigenvalue weighted by Crippen LogP contribution is -2.37. The number of carboxylic acids is 1. The molecule has 0 spiro atoms. The van der Waals surface area contributed by atoms with Crippen molar-refractivity contribution in [1.29, 1.82) is 0 Å². The molecule has 2 aromatic rings. The molecule has 0 radical (unpaired) electrons. The number of aryl methyl sites for hydroxylation is 1. The molecule has 1 unspecified atom stereocenters. The minimum absolute atomic E-state index is 0.0254. The van der Waals surface area contributed by atoms with Crippen LogP contribution in [0.15, 0.2) is 29.3 Å². The van der Waals surface area contributed by atoms with E-state index in [0.29, 0.717) is 12.1 Å². The predicted octanol–water partition coefficient (Wildman–Crippen LogP) is 1.48. The van der Waals surface area contributed by atoms with Gasteiger partial charge in [-0.1, -0.05) is 13.8 Å². The summed E-state index contributed by atoms with van der Waals surface area (Å²) >= 11 is 0. The zero-order chi connectivity index (χ0) is 17.9.